The summed E-state index contributed by atoms with van der Waals surface area (Å²) in [6, 6.07) is 7.59. The molecule has 94 valence electrons. The number of carbonyl (C=O) groups excluding carboxylic acids is 1. The largest absolute Gasteiger partial charge is 0.497 e. The molecular weight excluding hydrogens is 212 g/mol. The fraction of sp³-hybridized carbons (Fsp3) is 0.400. The quantitative estimate of drug-likeness (QED) is 0.737. The summed E-state index contributed by atoms with van der Waals surface area (Å²) in [6.07, 6.45) is 3.44. The molecule has 2 heteroatoms. The van der Waals surface area contributed by atoms with Gasteiger partial charge in [0.1, 0.15) is 5.75 Å². The highest BCUT2D eigenvalue weighted by atomic mass is 16.5. The molecule has 0 aliphatic heterocycles. The van der Waals surface area contributed by atoms with Crippen molar-refractivity contribution >= 4 is 11.9 Å². The first-order valence-electron chi connectivity index (χ1n) is 5.99. The molecule has 0 radical (unpaired) electrons. The maximum absolute atomic E-state index is 11.3. The van der Waals surface area contributed by atoms with Gasteiger partial charge in [-0.15, -0.1) is 0 Å². The van der Waals surface area contributed by atoms with E-state index in [1.165, 1.54) is 0 Å². The fourth-order valence-electron chi connectivity index (χ4n) is 1.09. The lowest BCUT2D eigenvalue weighted by Crippen LogP contribution is -2.01. The summed E-state index contributed by atoms with van der Waals surface area (Å²) in [7, 11) is 1.63. The number of ether oxygens (including phenoxy) is 1. The van der Waals surface area contributed by atoms with E-state index in [4.69, 9.17) is 4.74 Å². The Kier molecular flexibility index (Phi) is 7.78. The zero-order valence-corrected chi connectivity index (χ0v) is 11.4. The van der Waals surface area contributed by atoms with E-state index in [1.54, 1.807) is 13.2 Å². The summed E-state index contributed by atoms with van der Waals surface area (Å²) >= 11 is 0. The molecule has 0 N–H and O–H groups in total. The average molecular weight is 234 g/mol. The third kappa shape index (κ3) is 5.91. The van der Waals surface area contributed by atoms with Crippen molar-refractivity contribution < 1.29 is 9.53 Å². The van der Waals surface area contributed by atoms with Crippen molar-refractivity contribution in [3.05, 3.63) is 35.9 Å². The molecule has 17 heavy (non-hydrogen) atoms. The van der Waals surface area contributed by atoms with E-state index in [0.717, 1.165) is 11.3 Å². The maximum Gasteiger partial charge on any atom is 0.158 e. The minimum atomic E-state index is 0.0551. The van der Waals surface area contributed by atoms with Crippen LogP contribution >= 0.6 is 0 Å². The van der Waals surface area contributed by atoms with Gasteiger partial charge in [-0.05, 0) is 23.8 Å². The van der Waals surface area contributed by atoms with Gasteiger partial charge < -0.3 is 4.74 Å². The highest BCUT2D eigenvalue weighted by molar-refractivity contribution is 5.94. The van der Waals surface area contributed by atoms with Gasteiger partial charge in [-0.3, -0.25) is 4.79 Å². The number of carbonyl (C=O) groups is 1. The Morgan fingerprint density at radius 2 is 1.71 bits per heavy atom. The van der Waals surface area contributed by atoms with E-state index in [2.05, 4.69) is 0 Å². The van der Waals surface area contributed by atoms with Crippen LogP contribution in [-0.2, 0) is 4.79 Å². The summed E-state index contributed by atoms with van der Waals surface area (Å²) in [6.45, 7) is 7.78. The Morgan fingerprint density at radius 1 is 1.18 bits per heavy atom. The molecule has 1 aromatic carbocycles. The fourth-order valence-corrected chi connectivity index (χ4v) is 1.09. The predicted molar refractivity (Wildman–Crippen MR) is 73.2 cm³/mol. The van der Waals surface area contributed by atoms with Crippen LogP contribution in [0.2, 0.25) is 0 Å². The zero-order chi connectivity index (χ0) is 13.3. The average Bonchev–Trinajstić information content (AvgIpc) is 2.38. The number of benzene rings is 1. The van der Waals surface area contributed by atoms with Gasteiger partial charge in [0.2, 0.25) is 0 Å². The lowest BCUT2D eigenvalue weighted by atomic mass is 10.1. The lowest BCUT2D eigenvalue weighted by Gasteiger charge is -1.99. The second kappa shape index (κ2) is 8.57. The van der Waals surface area contributed by atoms with Gasteiger partial charge in [0, 0.05) is 5.92 Å². The van der Waals surface area contributed by atoms with Gasteiger partial charge in [-0.1, -0.05) is 45.9 Å². The van der Waals surface area contributed by atoms with Crippen molar-refractivity contribution in [1.29, 1.82) is 0 Å². The summed E-state index contributed by atoms with van der Waals surface area (Å²) in [4.78, 5) is 11.3. The molecule has 0 aliphatic rings. The first kappa shape index (κ1) is 15.4. The Balaban J connectivity index is 0.00000121. The molecule has 2 nitrogen and oxygen atoms in total. The number of methoxy groups -OCH3 is 1. The monoisotopic (exact) mass is 234 g/mol. The minimum absolute atomic E-state index is 0.0551. The van der Waals surface area contributed by atoms with Crippen LogP contribution in [-0.4, -0.2) is 12.9 Å². The van der Waals surface area contributed by atoms with Crippen LogP contribution in [0.25, 0.3) is 6.08 Å². The molecule has 0 bridgehead atoms. The number of ketones is 1. The molecule has 1 rings (SSSR count). The molecule has 0 spiro atoms. The molecule has 0 fully saturated rings. The second-order valence-electron chi connectivity index (χ2n) is 3.66. The number of hydrogen-bond acceptors (Lipinski definition) is 2. The molecular formula is C15H22O2. The van der Waals surface area contributed by atoms with Crippen LogP contribution in [0.1, 0.15) is 33.3 Å². The summed E-state index contributed by atoms with van der Waals surface area (Å²) < 4.78 is 5.04. The minimum Gasteiger partial charge on any atom is -0.497 e. The van der Waals surface area contributed by atoms with Crippen molar-refractivity contribution in [1.82, 2.24) is 0 Å². The van der Waals surface area contributed by atoms with Crippen LogP contribution in [0.15, 0.2) is 30.3 Å². The third-order valence-electron chi connectivity index (χ3n) is 2.12. The summed E-state index contributed by atoms with van der Waals surface area (Å²) in [5, 5.41) is 0. The molecule has 0 saturated heterocycles. The summed E-state index contributed by atoms with van der Waals surface area (Å²) in [5.74, 6) is 1.02. The highest BCUT2D eigenvalue weighted by Gasteiger charge is 2.01. The Labute approximate surface area is 104 Å². The second-order valence-corrected chi connectivity index (χ2v) is 3.66. The molecule has 0 saturated carbocycles. The molecule has 1 aromatic rings. The van der Waals surface area contributed by atoms with Crippen LogP contribution in [0.5, 0.6) is 5.75 Å². The van der Waals surface area contributed by atoms with E-state index in [1.807, 2.05) is 58.0 Å². The zero-order valence-electron chi connectivity index (χ0n) is 11.4. The van der Waals surface area contributed by atoms with E-state index in [-0.39, 0.29) is 11.7 Å². The predicted octanol–water partition coefficient (Wildman–Crippen LogP) is 3.96. The molecule has 0 atom stereocenters. The number of allylic oxidation sites excluding steroid dienone is 1. The lowest BCUT2D eigenvalue weighted by molar-refractivity contribution is -0.117. The Bertz CT molecular complexity index is 348. The molecule has 0 aromatic heterocycles. The highest BCUT2D eigenvalue weighted by Crippen LogP contribution is 2.12. The standard InChI is InChI=1S/C13H16O2.C2H6/c1-10(2)13(14)9-6-11-4-7-12(15-3)8-5-11;1-2/h4-10H,1-3H3;1-2H3/b9-6+;. The van der Waals surface area contributed by atoms with Gasteiger partial charge >= 0.3 is 0 Å². The van der Waals surface area contributed by atoms with Gasteiger partial charge in [0.05, 0.1) is 7.11 Å². The van der Waals surface area contributed by atoms with E-state index < -0.39 is 0 Å². The van der Waals surface area contributed by atoms with Crippen molar-refractivity contribution in [3.63, 3.8) is 0 Å². The van der Waals surface area contributed by atoms with Gasteiger partial charge in [0.25, 0.3) is 0 Å². The van der Waals surface area contributed by atoms with E-state index in [0.29, 0.717) is 0 Å². The van der Waals surface area contributed by atoms with Crippen LogP contribution in [0, 0.1) is 5.92 Å². The van der Waals surface area contributed by atoms with Gasteiger partial charge in [-0.25, -0.2) is 0 Å². The van der Waals surface area contributed by atoms with Gasteiger partial charge in [-0.2, -0.15) is 0 Å². The first-order valence-corrected chi connectivity index (χ1v) is 5.99. The van der Waals surface area contributed by atoms with Crippen LogP contribution < -0.4 is 4.74 Å². The molecule has 0 unspecified atom stereocenters. The first-order chi connectivity index (χ1) is 8.13. The van der Waals surface area contributed by atoms with Crippen molar-refractivity contribution in [2.24, 2.45) is 5.92 Å². The summed E-state index contributed by atoms with van der Waals surface area (Å²) in [5.41, 5.74) is 1.00. The topological polar surface area (TPSA) is 26.3 Å². The third-order valence-corrected chi connectivity index (χ3v) is 2.12. The van der Waals surface area contributed by atoms with E-state index in [9.17, 15) is 4.79 Å². The Morgan fingerprint density at radius 3 is 2.12 bits per heavy atom. The Hall–Kier alpha value is -1.57. The number of hydrogen-bond donors (Lipinski definition) is 0. The maximum atomic E-state index is 11.3. The van der Waals surface area contributed by atoms with Crippen molar-refractivity contribution in [3.8, 4) is 5.75 Å². The van der Waals surface area contributed by atoms with Crippen molar-refractivity contribution in [2.75, 3.05) is 7.11 Å². The van der Waals surface area contributed by atoms with Crippen LogP contribution in [0.3, 0.4) is 0 Å². The van der Waals surface area contributed by atoms with Gasteiger partial charge in [0.15, 0.2) is 5.78 Å². The van der Waals surface area contributed by atoms with E-state index >= 15 is 0 Å². The molecule has 0 heterocycles. The molecule has 0 amide bonds. The number of rotatable bonds is 4. The SMILES string of the molecule is CC.COc1ccc(/C=C/C(=O)C(C)C)cc1. The smallest absolute Gasteiger partial charge is 0.158 e. The molecule has 0 aliphatic carbocycles. The van der Waals surface area contributed by atoms with Crippen LogP contribution in [0.4, 0.5) is 0 Å². The van der Waals surface area contributed by atoms with Crippen molar-refractivity contribution in [2.45, 2.75) is 27.7 Å². The normalized spacial score (nSPS) is 10.0.